The van der Waals surface area contributed by atoms with Crippen molar-refractivity contribution >= 4 is 0 Å². The third-order valence-electron chi connectivity index (χ3n) is 4.90. The highest BCUT2D eigenvalue weighted by Gasteiger charge is 2.18. The molecule has 2 N–H and O–H groups in total. The van der Waals surface area contributed by atoms with Crippen molar-refractivity contribution in [2.24, 2.45) is 0 Å². The molecule has 4 aromatic rings. The zero-order valence-electron chi connectivity index (χ0n) is 16.6. The predicted octanol–water partition coefficient (Wildman–Crippen LogP) is 5.48. The number of benzene rings is 3. The fourth-order valence-electron chi connectivity index (χ4n) is 3.31. The summed E-state index contributed by atoms with van der Waals surface area (Å²) < 4.78 is 24.6. The van der Waals surface area contributed by atoms with Gasteiger partial charge in [0.25, 0.3) is 0 Å². The second-order valence-electron chi connectivity index (χ2n) is 6.86. The molecule has 1 heterocycles. The van der Waals surface area contributed by atoms with E-state index in [9.17, 15) is 9.50 Å². The Hall–Kier alpha value is -3.80. The number of halogens is 1. The van der Waals surface area contributed by atoms with Crippen LogP contribution in [0.1, 0.15) is 11.3 Å². The van der Waals surface area contributed by atoms with Crippen molar-refractivity contribution in [3.05, 3.63) is 83.8 Å². The summed E-state index contributed by atoms with van der Waals surface area (Å²) in [5, 5.41) is 18.0. The van der Waals surface area contributed by atoms with Crippen molar-refractivity contribution in [1.29, 1.82) is 0 Å². The van der Waals surface area contributed by atoms with Crippen molar-refractivity contribution in [2.45, 2.75) is 13.5 Å². The van der Waals surface area contributed by atoms with E-state index in [1.165, 1.54) is 12.1 Å². The van der Waals surface area contributed by atoms with E-state index in [1.54, 1.807) is 37.4 Å². The molecule has 0 atom stereocenters. The van der Waals surface area contributed by atoms with Crippen molar-refractivity contribution < 1.29 is 19.0 Å². The summed E-state index contributed by atoms with van der Waals surface area (Å²) >= 11 is 0. The molecule has 152 valence electrons. The van der Waals surface area contributed by atoms with E-state index in [1.807, 2.05) is 31.2 Å². The van der Waals surface area contributed by atoms with E-state index in [-0.39, 0.29) is 18.2 Å². The minimum atomic E-state index is -0.325. The van der Waals surface area contributed by atoms with Gasteiger partial charge in [0.1, 0.15) is 35.4 Å². The number of hydrogen-bond donors (Lipinski definition) is 2. The van der Waals surface area contributed by atoms with E-state index in [0.717, 1.165) is 22.6 Å². The van der Waals surface area contributed by atoms with Crippen LogP contribution < -0.4 is 9.47 Å². The molecule has 0 spiro atoms. The highest BCUT2D eigenvalue weighted by molar-refractivity contribution is 5.85. The topological polar surface area (TPSA) is 67.4 Å². The maximum absolute atomic E-state index is 13.8. The highest BCUT2D eigenvalue weighted by atomic mass is 19.1. The van der Waals surface area contributed by atoms with Gasteiger partial charge in [0.2, 0.25) is 0 Å². The Kier molecular flexibility index (Phi) is 5.39. The first-order valence-electron chi connectivity index (χ1n) is 9.46. The fourth-order valence-corrected chi connectivity index (χ4v) is 3.31. The van der Waals surface area contributed by atoms with Gasteiger partial charge in [-0.1, -0.05) is 30.3 Å². The SMILES string of the molecule is COc1ccc(-c2c(-c3ccc(OCc4ccccc4F)cc3O)n[nH]c2C)cc1. The number of aromatic nitrogens is 2. The molecule has 0 aliphatic rings. The van der Waals surface area contributed by atoms with Crippen LogP contribution in [0.3, 0.4) is 0 Å². The van der Waals surface area contributed by atoms with E-state index in [2.05, 4.69) is 10.2 Å². The number of aromatic hydroxyl groups is 1. The molecule has 0 aliphatic carbocycles. The van der Waals surface area contributed by atoms with Crippen molar-refractivity contribution in [2.75, 3.05) is 7.11 Å². The van der Waals surface area contributed by atoms with Gasteiger partial charge in [-0.3, -0.25) is 5.10 Å². The molecule has 0 unspecified atom stereocenters. The van der Waals surface area contributed by atoms with Gasteiger partial charge >= 0.3 is 0 Å². The average Bonchev–Trinajstić information content (AvgIpc) is 3.14. The van der Waals surface area contributed by atoms with Crippen LogP contribution in [0.25, 0.3) is 22.4 Å². The first kappa shape index (κ1) is 19.5. The molecule has 1 aromatic heterocycles. The van der Waals surface area contributed by atoms with Crippen LogP contribution in [0, 0.1) is 12.7 Å². The van der Waals surface area contributed by atoms with Crippen molar-refractivity contribution in [3.8, 4) is 39.6 Å². The summed E-state index contributed by atoms with van der Waals surface area (Å²) in [6.07, 6.45) is 0. The number of methoxy groups -OCH3 is 1. The zero-order valence-corrected chi connectivity index (χ0v) is 16.6. The summed E-state index contributed by atoms with van der Waals surface area (Å²) in [5.74, 6) is 0.912. The molecule has 0 aliphatic heterocycles. The van der Waals surface area contributed by atoms with E-state index < -0.39 is 0 Å². The summed E-state index contributed by atoms with van der Waals surface area (Å²) in [6, 6.07) is 19.1. The number of hydrogen-bond acceptors (Lipinski definition) is 4. The van der Waals surface area contributed by atoms with E-state index in [4.69, 9.17) is 9.47 Å². The largest absolute Gasteiger partial charge is 0.507 e. The zero-order chi connectivity index (χ0) is 21.1. The van der Waals surface area contributed by atoms with Gasteiger partial charge in [-0.15, -0.1) is 0 Å². The fraction of sp³-hybridized carbons (Fsp3) is 0.125. The number of ether oxygens (including phenoxy) is 2. The van der Waals surface area contributed by atoms with Crippen LogP contribution in [0.4, 0.5) is 4.39 Å². The molecule has 6 heteroatoms. The molecule has 0 amide bonds. The number of phenolic OH excluding ortho intramolecular Hbond substituents is 1. The number of aromatic amines is 1. The molecule has 0 bridgehead atoms. The lowest BCUT2D eigenvalue weighted by Crippen LogP contribution is -1.98. The number of rotatable bonds is 6. The second-order valence-corrected chi connectivity index (χ2v) is 6.86. The van der Waals surface area contributed by atoms with Crippen LogP contribution in [0.15, 0.2) is 66.7 Å². The number of nitrogens with one attached hydrogen (secondary N) is 1. The average molecular weight is 404 g/mol. The maximum atomic E-state index is 13.8. The normalized spacial score (nSPS) is 10.8. The summed E-state index contributed by atoms with van der Waals surface area (Å²) in [5.41, 5.74) is 4.39. The Morgan fingerprint density at radius 2 is 1.73 bits per heavy atom. The summed E-state index contributed by atoms with van der Waals surface area (Å²) in [4.78, 5) is 0. The number of H-pyrrole nitrogens is 1. The minimum absolute atomic E-state index is 0.0299. The van der Waals surface area contributed by atoms with Crippen LogP contribution in [-0.2, 0) is 6.61 Å². The van der Waals surface area contributed by atoms with Gasteiger partial charge in [0.15, 0.2) is 0 Å². The smallest absolute Gasteiger partial charge is 0.129 e. The molecule has 5 nitrogen and oxygen atoms in total. The number of aryl methyl sites for hydroxylation is 1. The molecular formula is C24H21FN2O3. The van der Waals surface area contributed by atoms with Crippen molar-refractivity contribution in [1.82, 2.24) is 10.2 Å². The molecule has 0 saturated heterocycles. The van der Waals surface area contributed by atoms with E-state index in [0.29, 0.717) is 22.6 Å². The Morgan fingerprint density at radius 3 is 2.43 bits per heavy atom. The van der Waals surface area contributed by atoms with Crippen LogP contribution in [0.5, 0.6) is 17.2 Å². The Balaban J connectivity index is 1.61. The maximum Gasteiger partial charge on any atom is 0.129 e. The van der Waals surface area contributed by atoms with Crippen LogP contribution in [-0.4, -0.2) is 22.4 Å². The Bertz CT molecular complexity index is 1170. The summed E-state index contributed by atoms with van der Waals surface area (Å²) in [6.45, 7) is 2.00. The highest BCUT2D eigenvalue weighted by Crippen LogP contribution is 2.39. The van der Waals surface area contributed by atoms with Crippen LogP contribution in [0.2, 0.25) is 0 Å². The Morgan fingerprint density at radius 1 is 1.00 bits per heavy atom. The quantitative estimate of drug-likeness (QED) is 0.446. The van der Waals surface area contributed by atoms with Crippen molar-refractivity contribution in [3.63, 3.8) is 0 Å². The van der Waals surface area contributed by atoms with Gasteiger partial charge in [0.05, 0.1) is 7.11 Å². The van der Waals surface area contributed by atoms with Gasteiger partial charge < -0.3 is 14.6 Å². The first-order chi connectivity index (χ1) is 14.6. The lowest BCUT2D eigenvalue weighted by Gasteiger charge is -2.11. The summed E-state index contributed by atoms with van der Waals surface area (Å²) in [7, 11) is 1.62. The van der Waals surface area contributed by atoms with Gasteiger partial charge in [-0.05, 0) is 42.8 Å². The third kappa shape index (κ3) is 3.85. The molecule has 3 aromatic carbocycles. The standard InChI is InChI=1S/C24H21FN2O3/c1-15-23(16-7-9-18(29-2)10-8-16)24(27-26-15)20-12-11-19(13-22(20)28)30-14-17-5-3-4-6-21(17)25/h3-13,28H,14H2,1-2H3,(H,26,27). The van der Waals surface area contributed by atoms with Crippen LogP contribution >= 0.6 is 0 Å². The lowest BCUT2D eigenvalue weighted by molar-refractivity contribution is 0.298. The first-order valence-corrected chi connectivity index (χ1v) is 9.46. The lowest BCUT2D eigenvalue weighted by atomic mass is 9.98. The molecule has 4 rings (SSSR count). The predicted molar refractivity (Wildman–Crippen MR) is 113 cm³/mol. The van der Waals surface area contributed by atoms with Gasteiger partial charge in [0, 0.05) is 28.5 Å². The molecule has 30 heavy (non-hydrogen) atoms. The molecule has 0 saturated carbocycles. The molecule has 0 radical (unpaired) electrons. The number of nitrogens with zero attached hydrogens (tertiary/aromatic N) is 1. The van der Waals surface area contributed by atoms with E-state index >= 15 is 0 Å². The second kappa shape index (κ2) is 8.29. The van der Waals surface area contributed by atoms with Gasteiger partial charge in [-0.25, -0.2) is 4.39 Å². The minimum Gasteiger partial charge on any atom is -0.507 e. The number of phenols is 1. The monoisotopic (exact) mass is 404 g/mol. The van der Waals surface area contributed by atoms with Gasteiger partial charge in [-0.2, -0.15) is 5.10 Å². The molecule has 0 fully saturated rings. The molecular weight excluding hydrogens is 383 g/mol. The third-order valence-corrected chi connectivity index (χ3v) is 4.90. The Labute approximate surface area is 173 Å².